The third-order valence-corrected chi connectivity index (χ3v) is 4.63. The first-order valence-corrected chi connectivity index (χ1v) is 9.00. The quantitative estimate of drug-likeness (QED) is 0.516. The third-order valence-electron chi connectivity index (χ3n) is 4.28. The number of hydrogen-bond acceptors (Lipinski definition) is 6. The van der Waals surface area contributed by atoms with Crippen molar-refractivity contribution in [2.24, 2.45) is 0 Å². The highest BCUT2D eigenvalue weighted by Gasteiger charge is 2.14. The van der Waals surface area contributed by atoms with Crippen LogP contribution in [0.2, 0.25) is 5.02 Å². The summed E-state index contributed by atoms with van der Waals surface area (Å²) in [5, 5.41) is 25.4. The van der Waals surface area contributed by atoms with Gasteiger partial charge >= 0.3 is 0 Å². The van der Waals surface area contributed by atoms with E-state index < -0.39 is 0 Å². The molecule has 8 nitrogen and oxygen atoms in total. The molecular formula is C18H17ClFN7O. The smallest absolute Gasteiger partial charge is 0.154 e. The van der Waals surface area contributed by atoms with Crippen molar-refractivity contribution < 1.29 is 9.50 Å². The summed E-state index contributed by atoms with van der Waals surface area (Å²) in [4.78, 5) is 4.33. The number of aromatic nitrogens is 6. The van der Waals surface area contributed by atoms with Gasteiger partial charge in [-0.25, -0.2) is 18.6 Å². The van der Waals surface area contributed by atoms with Gasteiger partial charge in [0.2, 0.25) is 0 Å². The zero-order chi connectivity index (χ0) is 19.7. The van der Waals surface area contributed by atoms with E-state index in [4.69, 9.17) is 16.7 Å². The molecule has 0 saturated heterocycles. The van der Waals surface area contributed by atoms with E-state index in [0.717, 1.165) is 0 Å². The van der Waals surface area contributed by atoms with Gasteiger partial charge < -0.3 is 10.4 Å². The van der Waals surface area contributed by atoms with Crippen LogP contribution < -0.4 is 5.32 Å². The van der Waals surface area contributed by atoms with Crippen molar-refractivity contribution in [2.75, 3.05) is 11.9 Å². The average molecular weight is 402 g/mol. The molecule has 4 aromatic rings. The number of rotatable bonds is 6. The molecule has 1 aromatic carbocycles. The molecule has 0 saturated carbocycles. The van der Waals surface area contributed by atoms with Gasteiger partial charge in [-0.2, -0.15) is 0 Å². The molecule has 0 amide bonds. The molecule has 144 valence electrons. The summed E-state index contributed by atoms with van der Waals surface area (Å²) in [5.74, 6) is 0.224. The topological polar surface area (TPSA) is 93.2 Å². The Labute approximate surface area is 164 Å². The summed E-state index contributed by atoms with van der Waals surface area (Å²) in [5.41, 5.74) is 2.54. The molecule has 2 N–H and O–H groups in total. The molecule has 1 atom stereocenters. The Morgan fingerprint density at radius 2 is 2.14 bits per heavy atom. The van der Waals surface area contributed by atoms with Crippen LogP contribution in [-0.2, 0) is 6.54 Å². The zero-order valence-corrected chi connectivity index (χ0v) is 15.7. The molecule has 3 heterocycles. The van der Waals surface area contributed by atoms with Crippen LogP contribution in [0.5, 0.6) is 0 Å². The monoisotopic (exact) mass is 401 g/mol. The van der Waals surface area contributed by atoms with Crippen molar-refractivity contribution in [1.29, 1.82) is 0 Å². The maximum absolute atomic E-state index is 13.6. The van der Waals surface area contributed by atoms with E-state index in [1.165, 1.54) is 18.2 Å². The number of anilines is 1. The lowest BCUT2D eigenvalue weighted by molar-refractivity contribution is 0.268. The molecular weight excluding hydrogens is 385 g/mol. The molecule has 0 fully saturated rings. The average Bonchev–Trinajstić information content (AvgIpc) is 3.30. The van der Waals surface area contributed by atoms with Gasteiger partial charge in [-0.05, 0) is 42.8 Å². The highest BCUT2D eigenvalue weighted by Crippen LogP contribution is 2.26. The van der Waals surface area contributed by atoms with Crippen LogP contribution in [-0.4, -0.2) is 41.3 Å². The summed E-state index contributed by atoms with van der Waals surface area (Å²) in [6, 6.07) is 7.61. The third kappa shape index (κ3) is 3.54. The first-order valence-electron chi connectivity index (χ1n) is 8.63. The maximum Gasteiger partial charge on any atom is 0.154 e. The fourth-order valence-electron chi connectivity index (χ4n) is 2.90. The standard InChI is InChI=1S/C18H17ClFN7O/c1-11(13-8-12(20)2-3-14(13)19)22-17-4-5-18-21-9-16(27(18)24-17)15-10-26(6-7-28)25-23-15/h2-5,8-11,28H,6-7H2,1H3,(H,22,24). The van der Waals surface area contributed by atoms with E-state index >= 15 is 0 Å². The van der Waals surface area contributed by atoms with Gasteiger partial charge in [-0.1, -0.05) is 16.8 Å². The number of fused-ring (bicyclic) bond motifs is 1. The van der Waals surface area contributed by atoms with Crippen molar-refractivity contribution in [1.82, 2.24) is 29.6 Å². The SMILES string of the molecule is CC(Nc1ccc2ncc(-c3cn(CCO)nn3)n2n1)c1cc(F)ccc1Cl. The highest BCUT2D eigenvalue weighted by molar-refractivity contribution is 6.31. The van der Waals surface area contributed by atoms with Crippen molar-refractivity contribution in [2.45, 2.75) is 19.5 Å². The number of benzene rings is 1. The molecule has 28 heavy (non-hydrogen) atoms. The van der Waals surface area contributed by atoms with Gasteiger partial charge in [0.25, 0.3) is 0 Å². The number of aliphatic hydroxyl groups is 1. The number of aliphatic hydroxyl groups excluding tert-OH is 1. The largest absolute Gasteiger partial charge is 0.394 e. The lowest BCUT2D eigenvalue weighted by Gasteiger charge is -2.16. The van der Waals surface area contributed by atoms with Crippen molar-refractivity contribution in [3.05, 3.63) is 59.1 Å². The van der Waals surface area contributed by atoms with E-state index in [9.17, 15) is 4.39 Å². The summed E-state index contributed by atoms with van der Waals surface area (Å²) < 4.78 is 16.8. The lowest BCUT2D eigenvalue weighted by Crippen LogP contribution is -2.10. The summed E-state index contributed by atoms with van der Waals surface area (Å²) in [6.07, 6.45) is 3.38. The van der Waals surface area contributed by atoms with Crippen LogP contribution in [0.15, 0.2) is 42.7 Å². The predicted octanol–water partition coefficient (Wildman–Crippen LogP) is 2.95. The summed E-state index contributed by atoms with van der Waals surface area (Å²) >= 11 is 6.19. The molecule has 0 bridgehead atoms. The molecule has 0 spiro atoms. The van der Waals surface area contributed by atoms with E-state index in [1.807, 2.05) is 13.0 Å². The summed E-state index contributed by atoms with van der Waals surface area (Å²) in [6.45, 7) is 2.21. The van der Waals surface area contributed by atoms with Gasteiger partial charge in [0, 0.05) is 5.02 Å². The minimum atomic E-state index is -0.348. The second-order valence-electron chi connectivity index (χ2n) is 6.25. The molecule has 3 aromatic heterocycles. The fraction of sp³-hybridized carbons (Fsp3) is 0.222. The minimum absolute atomic E-state index is 0.0250. The van der Waals surface area contributed by atoms with Gasteiger partial charge in [-0.15, -0.1) is 10.2 Å². The molecule has 1 unspecified atom stereocenters. The van der Waals surface area contributed by atoms with Gasteiger partial charge in [0.1, 0.15) is 23.0 Å². The van der Waals surface area contributed by atoms with Crippen molar-refractivity contribution >= 4 is 23.1 Å². The van der Waals surface area contributed by atoms with Crippen LogP contribution in [0, 0.1) is 5.82 Å². The number of halogens is 2. The summed E-state index contributed by atoms with van der Waals surface area (Å²) in [7, 11) is 0. The molecule has 0 aliphatic rings. The van der Waals surface area contributed by atoms with Crippen molar-refractivity contribution in [3.63, 3.8) is 0 Å². The molecule has 0 aliphatic heterocycles. The fourth-order valence-corrected chi connectivity index (χ4v) is 3.18. The van der Waals surface area contributed by atoms with Crippen LogP contribution in [0.1, 0.15) is 18.5 Å². The second kappa shape index (κ2) is 7.53. The second-order valence-corrected chi connectivity index (χ2v) is 6.66. The van der Waals surface area contributed by atoms with Crippen molar-refractivity contribution in [3.8, 4) is 11.4 Å². The van der Waals surface area contributed by atoms with E-state index in [0.29, 0.717) is 40.0 Å². The van der Waals surface area contributed by atoms with Crippen LogP contribution in [0.25, 0.3) is 17.0 Å². The molecule has 4 rings (SSSR count). The predicted molar refractivity (Wildman–Crippen MR) is 103 cm³/mol. The molecule has 0 radical (unpaired) electrons. The van der Waals surface area contributed by atoms with E-state index in [2.05, 4.69) is 25.7 Å². The highest BCUT2D eigenvalue weighted by atomic mass is 35.5. The minimum Gasteiger partial charge on any atom is -0.394 e. The Balaban J connectivity index is 1.64. The van der Waals surface area contributed by atoms with Gasteiger partial charge in [-0.3, -0.25) is 0 Å². The zero-order valence-electron chi connectivity index (χ0n) is 14.9. The normalized spacial score (nSPS) is 12.4. The van der Waals surface area contributed by atoms with Gasteiger partial charge in [0.05, 0.1) is 31.6 Å². The Hall–Kier alpha value is -3.04. The van der Waals surface area contributed by atoms with Crippen LogP contribution in [0.4, 0.5) is 10.2 Å². The molecule has 0 aliphatic carbocycles. The Kier molecular flexibility index (Phi) is 4.93. The Bertz CT molecular complexity index is 1130. The lowest BCUT2D eigenvalue weighted by atomic mass is 10.1. The number of imidazole rings is 1. The first kappa shape index (κ1) is 18.3. The van der Waals surface area contributed by atoms with Gasteiger partial charge in [0.15, 0.2) is 5.65 Å². The van der Waals surface area contributed by atoms with E-state index in [-0.39, 0.29) is 18.5 Å². The Morgan fingerprint density at radius 3 is 2.96 bits per heavy atom. The van der Waals surface area contributed by atoms with E-state index in [1.54, 1.807) is 27.7 Å². The van der Waals surface area contributed by atoms with Crippen LogP contribution in [0.3, 0.4) is 0 Å². The first-order chi connectivity index (χ1) is 13.5. The number of nitrogens with zero attached hydrogens (tertiary/aromatic N) is 6. The van der Waals surface area contributed by atoms with Crippen LogP contribution >= 0.6 is 11.6 Å². The molecule has 10 heteroatoms. The Morgan fingerprint density at radius 1 is 1.29 bits per heavy atom. The number of hydrogen-bond donors (Lipinski definition) is 2. The maximum atomic E-state index is 13.6. The number of nitrogens with one attached hydrogen (secondary N) is 1.